The molecule has 0 unspecified atom stereocenters. The van der Waals surface area contributed by atoms with Crippen LogP contribution in [-0.4, -0.2) is 19.4 Å². The van der Waals surface area contributed by atoms with Gasteiger partial charge in [0.15, 0.2) is 17.5 Å². The fraction of sp³-hybridized carbons (Fsp3) is 0.278. The first-order valence-corrected chi connectivity index (χ1v) is 7.94. The summed E-state index contributed by atoms with van der Waals surface area (Å²) in [4.78, 5) is 4.20. The SMILES string of the molecule is Cc1ccc(NC(N)=NCc2cc3c(cc2OC(F)F)OCO3)cc1C. The maximum atomic E-state index is 12.6. The fourth-order valence-electron chi connectivity index (χ4n) is 2.47. The number of nitrogens with one attached hydrogen (secondary N) is 1. The molecule has 0 saturated heterocycles. The van der Waals surface area contributed by atoms with Crippen molar-refractivity contribution in [1.29, 1.82) is 0 Å². The average molecular weight is 363 g/mol. The number of rotatable bonds is 5. The van der Waals surface area contributed by atoms with Gasteiger partial charge >= 0.3 is 6.61 Å². The zero-order valence-corrected chi connectivity index (χ0v) is 14.4. The van der Waals surface area contributed by atoms with Crippen LogP contribution in [0, 0.1) is 13.8 Å². The number of hydrogen-bond acceptors (Lipinski definition) is 4. The highest BCUT2D eigenvalue weighted by Gasteiger charge is 2.20. The molecule has 0 aromatic heterocycles. The molecular formula is C18H19F2N3O3. The first-order chi connectivity index (χ1) is 12.4. The summed E-state index contributed by atoms with van der Waals surface area (Å²) in [5.74, 6) is 0.952. The molecule has 0 radical (unpaired) electrons. The fourth-order valence-corrected chi connectivity index (χ4v) is 2.47. The average Bonchev–Trinajstić information content (AvgIpc) is 3.02. The van der Waals surface area contributed by atoms with Gasteiger partial charge in [0, 0.05) is 17.3 Å². The molecule has 0 atom stereocenters. The molecule has 3 N–H and O–H groups in total. The Morgan fingerprint density at radius 2 is 1.92 bits per heavy atom. The third kappa shape index (κ3) is 4.14. The van der Waals surface area contributed by atoms with Gasteiger partial charge in [0.05, 0.1) is 6.54 Å². The second-order valence-corrected chi connectivity index (χ2v) is 5.82. The summed E-state index contributed by atoms with van der Waals surface area (Å²) >= 11 is 0. The maximum Gasteiger partial charge on any atom is 0.387 e. The van der Waals surface area contributed by atoms with E-state index in [-0.39, 0.29) is 25.0 Å². The van der Waals surface area contributed by atoms with E-state index in [1.165, 1.54) is 11.6 Å². The molecule has 1 aliphatic rings. The molecule has 2 aromatic rings. The Balaban J connectivity index is 1.76. The van der Waals surface area contributed by atoms with Crippen LogP contribution in [0.15, 0.2) is 35.3 Å². The smallest absolute Gasteiger partial charge is 0.387 e. The molecule has 0 fully saturated rings. The standard InChI is InChI=1S/C18H19F2N3O3/c1-10-3-4-13(5-11(10)2)23-18(21)22-8-12-6-15-16(25-9-24-15)7-14(12)26-17(19)20/h3-7,17H,8-9H2,1-2H3,(H3,21,22,23). The van der Waals surface area contributed by atoms with Gasteiger partial charge in [0.25, 0.3) is 0 Å². The number of aryl methyl sites for hydroxylation is 2. The number of hydrogen-bond donors (Lipinski definition) is 2. The Hall–Kier alpha value is -3.03. The number of aliphatic imine (C=N–C) groups is 1. The van der Waals surface area contributed by atoms with Crippen LogP contribution < -0.4 is 25.3 Å². The Kier molecular flexibility index (Phi) is 5.11. The molecule has 1 aliphatic heterocycles. The van der Waals surface area contributed by atoms with Gasteiger partial charge in [-0.15, -0.1) is 0 Å². The number of anilines is 1. The summed E-state index contributed by atoms with van der Waals surface area (Å²) in [6.07, 6.45) is 0. The predicted octanol–water partition coefficient (Wildman–Crippen LogP) is 3.56. The van der Waals surface area contributed by atoms with Crippen LogP contribution in [0.5, 0.6) is 17.2 Å². The van der Waals surface area contributed by atoms with Crippen molar-refractivity contribution >= 4 is 11.6 Å². The van der Waals surface area contributed by atoms with Gasteiger partial charge in [0.2, 0.25) is 6.79 Å². The van der Waals surface area contributed by atoms with Gasteiger partial charge in [-0.05, 0) is 43.2 Å². The quantitative estimate of drug-likeness (QED) is 0.627. The lowest BCUT2D eigenvalue weighted by Gasteiger charge is -2.11. The Morgan fingerprint density at radius 3 is 2.62 bits per heavy atom. The lowest BCUT2D eigenvalue weighted by atomic mass is 10.1. The van der Waals surface area contributed by atoms with Gasteiger partial charge in [-0.25, -0.2) is 4.99 Å². The van der Waals surface area contributed by atoms with Crippen molar-refractivity contribution < 1.29 is 23.0 Å². The molecule has 0 aliphatic carbocycles. The molecule has 0 bridgehead atoms. The monoisotopic (exact) mass is 363 g/mol. The molecule has 1 heterocycles. The van der Waals surface area contributed by atoms with Gasteiger partial charge in [-0.3, -0.25) is 0 Å². The molecule has 0 amide bonds. The van der Waals surface area contributed by atoms with E-state index in [9.17, 15) is 8.78 Å². The van der Waals surface area contributed by atoms with Crippen LogP contribution in [0.3, 0.4) is 0 Å². The summed E-state index contributed by atoms with van der Waals surface area (Å²) in [6, 6.07) is 8.73. The van der Waals surface area contributed by atoms with E-state index in [4.69, 9.17) is 15.2 Å². The highest BCUT2D eigenvalue weighted by Crippen LogP contribution is 2.39. The summed E-state index contributed by atoms with van der Waals surface area (Å²) in [7, 11) is 0. The highest BCUT2D eigenvalue weighted by atomic mass is 19.3. The van der Waals surface area contributed by atoms with Crippen molar-refractivity contribution in [2.45, 2.75) is 27.0 Å². The van der Waals surface area contributed by atoms with Gasteiger partial charge in [-0.1, -0.05) is 6.07 Å². The minimum atomic E-state index is -2.95. The second kappa shape index (κ2) is 7.47. The molecule has 3 rings (SSSR count). The molecule has 138 valence electrons. The Morgan fingerprint density at radius 1 is 1.19 bits per heavy atom. The number of nitrogens with two attached hydrogens (primary N) is 1. The zero-order valence-electron chi connectivity index (χ0n) is 14.4. The Labute approximate surface area is 149 Å². The molecule has 0 spiro atoms. The van der Waals surface area contributed by atoms with Crippen LogP contribution >= 0.6 is 0 Å². The molecule has 8 heteroatoms. The first kappa shape index (κ1) is 17.8. The third-order valence-electron chi connectivity index (χ3n) is 3.97. The van der Waals surface area contributed by atoms with Crippen molar-refractivity contribution in [3.05, 3.63) is 47.0 Å². The molecule has 26 heavy (non-hydrogen) atoms. The first-order valence-electron chi connectivity index (χ1n) is 7.94. The summed E-state index contributed by atoms with van der Waals surface area (Å²) in [6.45, 7) is 1.13. The molecule has 2 aromatic carbocycles. The molecular weight excluding hydrogens is 344 g/mol. The number of benzene rings is 2. The van der Waals surface area contributed by atoms with Crippen molar-refractivity contribution in [1.82, 2.24) is 0 Å². The normalized spacial score (nSPS) is 13.2. The van der Waals surface area contributed by atoms with Crippen molar-refractivity contribution in [2.75, 3.05) is 12.1 Å². The van der Waals surface area contributed by atoms with Gasteiger partial charge in [0.1, 0.15) is 5.75 Å². The number of halogens is 2. The minimum Gasteiger partial charge on any atom is -0.454 e. The van der Waals surface area contributed by atoms with Gasteiger partial charge in [-0.2, -0.15) is 8.78 Å². The van der Waals surface area contributed by atoms with Crippen molar-refractivity contribution in [3.63, 3.8) is 0 Å². The molecule has 6 nitrogen and oxygen atoms in total. The van der Waals surface area contributed by atoms with Gasteiger partial charge < -0.3 is 25.3 Å². The minimum absolute atomic E-state index is 0.0213. The van der Waals surface area contributed by atoms with E-state index in [2.05, 4.69) is 15.0 Å². The highest BCUT2D eigenvalue weighted by molar-refractivity contribution is 5.92. The zero-order chi connectivity index (χ0) is 18.7. The van der Waals surface area contributed by atoms with Crippen LogP contribution in [0.4, 0.5) is 14.5 Å². The number of alkyl halides is 2. The van der Waals surface area contributed by atoms with E-state index in [0.29, 0.717) is 17.1 Å². The maximum absolute atomic E-state index is 12.6. The number of nitrogens with zero attached hydrogens (tertiary/aromatic N) is 1. The Bertz CT molecular complexity index is 841. The lowest BCUT2D eigenvalue weighted by molar-refractivity contribution is -0.0505. The van der Waals surface area contributed by atoms with Crippen LogP contribution in [0.25, 0.3) is 0 Å². The van der Waals surface area contributed by atoms with Crippen molar-refractivity contribution in [2.24, 2.45) is 10.7 Å². The second-order valence-electron chi connectivity index (χ2n) is 5.82. The van der Waals surface area contributed by atoms with E-state index in [0.717, 1.165) is 11.3 Å². The van der Waals surface area contributed by atoms with E-state index < -0.39 is 6.61 Å². The van der Waals surface area contributed by atoms with E-state index in [1.54, 1.807) is 6.07 Å². The largest absolute Gasteiger partial charge is 0.454 e. The number of ether oxygens (including phenoxy) is 3. The predicted molar refractivity (Wildman–Crippen MR) is 94.1 cm³/mol. The molecule has 0 saturated carbocycles. The lowest BCUT2D eigenvalue weighted by Crippen LogP contribution is -2.22. The number of fused-ring (bicyclic) bond motifs is 1. The number of guanidine groups is 1. The topological polar surface area (TPSA) is 78.1 Å². The van der Waals surface area contributed by atoms with Crippen molar-refractivity contribution in [3.8, 4) is 17.2 Å². The summed E-state index contributed by atoms with van der Waals surface area (Å²) in [5.41, 5.74) is 9.40. The summed E-state index contributed by atoms with van der Waals surface area (Å²) in [5, 5.41) is 2.98. The van der Waals surface area contributed by atoms with Crippen LogP contribution in [0.2, 0.25) is 0 Å². The van der Waals surface area contributed by atoms with Crippen LogP contribution in [-0.2, 0) is 6.54 Å². The summed E-state index contributed by atoms with van der Waals surface area (Å²) < 4.78 is 40.3. The third-order valence-corrected chi connectivity index (χ3v) is 3.97. The van der Waals surface area contributed by atoms with Crippen LogP contribution in [0.1, 0.15) is 16.7 Å². The van der Waals surface area contributed by atoms with E-state index in [1.807, 2.05) is 32.0 Å². The van der Waals surface area contributed by atoms with E-state index >= 15 is 0 Å².